The van der Waals surface area contributed by atoms with Gasteiger partial charge >= 0.3 is 0 Å². The first kappa shape index (κ1) is 11.6. The Balaban J connectivity index is 2.03. The van der Waals surface area contributed by atoms with Crippen molar-refractivity contribution in [3.63, 3.8) is 0 Å². The van der Waals surface area contributed by atoms with Gasteiger partial charge in [-0.3, -0.25) is 0 Å². The molecule has 96 valence electrons. The summed E-state index contributed by atoms with van der Waals surface area (Å²) in [4.78, 5) is 3.75. The van der Waals surface area contributed by atoms with Crippen molar-refractivity contribution in [2.75, 3.05) is 5.32 Å². The van der Waals surface area contributed by atoms with Crippen LogP contribution in [0.5, 0.6) is 0 Å². The van der Waals surface area contributed by atoms with Crippen LogP contribution in [0.2, 0.25) is 0 Å². The first-order chi connectivity index (χ1) is 9.15. The number of aromatic nitrogens is 1. The molecule has 3 aromatic rings. The Morgan fingerprint density at radius 1 is 0.947 bits per heavy atom. The first-order valence-corrected chi connectivity index (χ1v) is 5.41. The fourth-order valence-electron chi connectivity index (χ4n) is 1.67. The average Bonchev–Trinajstić information content (AvgIpc) is 2.80. The maximum absolute atomic E-state index is 13.4. The highest BCUT2D eigenvalue weighted by Gasteiger charge is 2.14. The number of anilines is 2. The third-order valence-electron chi connectivity index (χ3n) is 2.57. The summed E-state index contributed by atoms with van der Waals surface area (Å²) < 4.78 is 45.0. The van der Waals surface area contributed by atoms with Crippen molar-refractivity contribution in [3.8, 4) is 0 Å². The number of rotatable bonds is 2. The zero-order chi connectivity index (χ0) is 13.4. The number of benzene rings is 2. The molecule has 0 saturated heterocycles. The van der Waals surface area contributed by atoms with Crippen LogP contribution < -0.4 is 5.32 Å². The van der Waals surface area contributed by atoms with Gasteiger partial charge in [-0.25, -0.2) is 13.2 Å². The predicted molar refractivity (Wildman–Crippen MR) is 63.6 cm³/mol. The summed E-state index contributed by atoms with van der Waals surface area (Å²) in [6.07, 6.45) is 0. The van der Waals surface area contributed by atoms with Crippen LogP contribution >= 0.6 is 0 Å². The number of hydrogen-bond acceptors (Lipinski definition) is 3. The number of hydrogen-bond donors (Lipinski definition) is 1. The zero-order valence-electron chi connectivity index (χ0n) is 9.45. The summed E-state index contributed by atoms with van der Waals surface area (Å²) in [5.74, 6) is -2.61. The molecule has 0 amide bonds. The summed E-state index contributed by atoms with van der Waals surface area (Å²) in [6.45, 7) is 0. The van der Waals surface area contributed by atoms with E-state index in [4.69, 9.17) is 4.42 Å². The summed E-state index contributed by atoms with van der Waals surface area (Å²) >= 11 is 0. The molecule has 0 aliphatic carbocycles. The van der Waals surface area contributed by atoms with Crippen molar-refractivity contribution in [1.82, 2.24) is 4.98 Å². The van der Waals surface area contributed by atoms with Crippen LogP contribution in [0, 0.1) is 17.5 Å². The van der Waals surface area contributed by atoms with E-state index in [1.807, 2.05) is 0 Å². The minimum atomic E-state index is -1.09. The lowest BCUT2D eigenvalue weighted by Gasteiger charge is -2.01. The first-order valence-electron chi connectivity index (χ1n) is 5.41. The standard InChI is InChI=1S/C13H7F3N2O/c14-7-3-1-2-4-9(7)17-13-18-12-10(19-13)6-5-8(15)11(12)16/h1-6H,(H,17,18). The third kappa shape index (κ3) is 2.01. The van der Waals surface area contributed by atoms with Crippen molar-refractivity contribution in [2.24, 2.45) is 0 Å². The molecule has 3 nitrogen and oxygen atoms in total. The molecule has 0 spiro atoms. The second-order valence-corrected chi connectivity index (χ2v) is 3.83. The van der Waals surface area contributed by atoms with Crippen LogP contribution in [0.15, 0.2) is 40.8 Å². The lowest BCUT2D eigenvalue weighted by Crippen LogP contribution is -1.93. The van der Waals surface area contributed by atoms with Gasteiger partial charge in [-0.2, -0.15) is 4.98 Å². The smallest absolute Gasteiger partial charge is 0.300 e. The van der Waals surface area contributed by atoms with Crippen molar-refractivity contribution in [2.45, 2.75) is 0 Å². The van der Waals surface area contributed by atoms with Gasteiger partial charge in [-0.05, 0) is 24.3 Å². The topological polar surface area (TPSA) is 38.1 Å². The van der Waals surface area contributed by atoms with E-state index in [9.17, 15) is 13.2 Å². The number of halogens is 3. The number of fused-ring (bicyclic) bond motifs is 1. The number of oxazole rings is 1. The van der Waals surface area contributed by atoms with Gasteiger partial charge in [-0.1, -0.05) is 12.1 Å². The molecule has 6 heteroatoms. The van der Waals surface area contributed by atoms with Gasteiger partial charge in [0.1, 0.15) is 5.82 Å². The Hall–Kier alpha value is -2.50. The van der Waals surface area contributed by atoms with E-state index in [1.165, 1.54) is 24.3 Å². The van der Waals surface area contributed by atoms with Crippen LogP contribution in [-0.2, 0) is 0 Å². The Labute approximate surface area is 105 Å². The van der Waals surface area contributed by atoms with E-state index in [1.54, 1.807) is 6.07 Å². The van der Waals surface area contributed by atoms with Crippen LogP contribution in [0.1, 0.15) is 0 Å². The van der Waals surface area contributed by atoms with E-state index in [2.05, 4.69) is 10.3 Å². The van der Waals surface area contributed by atoms with Gasteiger partial charge in [0.25, 0.3) is 6.01 Å². The monoisotopic (exact) mass is 264 g/mol. The molecule has 0 aliphatic heterocycles. The Morgan fingerprint density at radius 3 is 2.53 bits per heavy atom. The molecule has 2 aromatic carbocycles. The number of nitrogens with zero attached hydrogens (tertiary/aromatic N) is 1. The van der Waals surface area contributed by atoms with E-state index in [0.29, 0.717) is 0 Å². The SMILES string of the molecule is Fc1ccccc1Nc1nc2c(F)c(F)ccc2o1. The van der Waals surface area contributed by atoms with E-state index < -0.39 is 17.5 Å². The maximum atomic E-state index is 13.4. The Morgan fingerprint density at radius 2 is 1.74 bits per heavy atom. The third-order valence-corrected chi connectivity index (χ3v) is 2.57. The summed E-state index contributed by atoms with van der Waals surface area (Å²) in [6, 6.07) is 7.97. The molecule has 1 aromatic heterocycles. The molecule has 1 heterocycles. The van der Waals surface area contributed by atoms with Crippen LogP contribution in [-0.4, -0.2) is 4.98 Å². The van der Waals surface area contributed by atoms with Crippen molar-refractivity contribution >= 4 is 22.8 Å². The normalized spacial score (nSPS) is 10.9. The number of para-hydroxylation sites is 1. The molecule has 0 aliphatic rings. The quantitative estimate of drug-likeness (QED) is 0.760. The lowest BCUT2D eigenvalue weighted by molar-refractivity contribution is 0.514. The zero-order valence-corrected chi connectivity index (χ0v) is 9.45. The molecule has 0 saturated carbocycles. The van der Waals surface area contributed by atoms with Gasteiger partial charge < -0.3 is 9.73 Å². The lowest BCUT2D eigenvalue weighted by atomic mass is 10.3. The largest absolute Gasteiger partial charge is 0.423 e. The van der Waals surface area contributed by atoms with Crippen molar-refractivity contribution in [3.05, 3.63) is 53.8 Å². The van der Waals surface area contributed by atoms with E-state index >= 15 is 0 Å². The molecule has 0 fully saturated rings. The van der Waals surface area contributed by atoms with Gasteiger partial charge in [0.05, 0.1) is 5.69 Å². The minimum Gasteiger partial charge on any atom is -0.423 e. The summed E-state index contributed by atoms with van der Waals surface area (Å²) in [7, 11) is 0. The second kappa shape index (κ2) is 4.31. The van der Waals surface area contributed by atoms with Gasteiger partial charge in [0.15, 0.2) is 22.7 Å². The Bertz CT molecular complexity index is 755. The molecule has 0 atom stereocenters. The van der Waals surface area contributed by atoms with Gasteiger partial charge in [0.2, 0.25) is 0 Å². The van der Waals surface area contributed by atoms with Crippen molar-refractivity contribution in [1.29, 1.82) is 0 Å². The van der Waals surface area contributed by atoms with Crippen molar-refractivity contribution < 1.29 is 17.6 Å². The number of nitrogens with one attached hydrogen (secondary N) is 1. The highest BCUT2D eigenvalue weighted by molar-refractivity contribution is 5.76. The fourth-order valence-corrected chi connectivity index (χ4v) is 1.67. The highest BCUT2D eigenvalue weighted by atomic mass is 19.2. The summed E-state index contributed by atoms with van der Waals surface area (Å²) in [5.41, 5.74) is -0.0217. The van der Waals surface area contributed by atoms with Crippen LogP contribution in [0.4, 0.5) is 24.9 Å². The predicted octanol–water partition coefficient (Wildman–Crippen LogP) is 3.99. The molecule has 1 N–H and O–H groups in total. The molecular formula is C13H7F3N2O. The van der Waals surface area contributed by atoms with E-state index in [-0.39, 0.29) is 22.8 Å². The van der Waals surface area contributed by atoms with Crippen LogP contribution in [0.25, 0.3) is 11.1 Å². The van der Waals surface area contributed by atoms with Crippen LogP contribution in [0.3, 0.4) is 0 Å². The Kier molecular flexibility index (Phi) is 2.63. The fraction of sp³-hybridized carbons (Fsp3) is 0. The summed E-state index contributed by atoms with van der Waals surface area (Å²) in [5, 5.41) is 2.57. The van der Waals surface area contributed by atoms with Gasteiger partial charge in [-0.15, -0.1) is 0 Å². The van der Waals surface area contributed by atoms with Gasteiger partial charge in [0, 0.05) is 0 Å². The molecule has 3 rings (SSSR count). The molecule has 19 heavy (non-hydrogen) atoms. The maximum Gasteiger partial charge on any atom is 0.300 e. The molecule has 0 unspecified atom stereocenters. The second-order valence-electron chi connectivity index (χ2n) is 3.83. The molecule has 0 bridgehead atoms. The average molecular weight is 264 g/mol. The van der Waals surface area contributed by atoms with E-state index in [0.717, 1.165) is 6.07 Å². The molecule has 0 radical (unpaired) electrons. The minimum absolute atomic E-state index is 0.0812. The molecular weight excluding hydrogens is 257 g/mol. The highest BCUT2D eigenvalue weighted by Crippen LogP contribution is 2.26.